The molecule has 0 atom stereocenters. The highest BCUT2D eigenvalue weighted by atomic mass is 35.5. The molecule has 0 unspecified atom stereocenters. The number of amides is 1. The molecule has 2 heterocycles. The smallest absolute Gasteiger partial charge is 0.258 e. The molecule has 0 fully saturated rings. The number of halogens is 1. The molecule has 27 heavy (non-hydrogen) atoms. The molecule has 2 aromatic carbocycles. The minimum Gasteiger partial charge on any atom is -0.304 e. The van der Waals surface area contributed by atoms with Gasteiger partial charge in [0.15, 0.2) is 11.5 Å². The predicted octanol–water partition coefficient (Wildman–Crippen LogP) is 5.21. The van der Waals surface area contributed by atoms with Gasteiger partial charge in [-0.2, -0.15) is 5.10 Å². The van der Waals surface area contributed by atoms with Crippen LogP contribution in [-0.4, -0.2) is 20.7 Å². The van der Waals surface area contributed by atoms with Crippen LogP contribution in [0.3, 0.4) is 0 Å². The molecule has 0 spiro atoms. The molecule has 6 heteroatoms. The lowest BCUT2D eigenvalue weighted by atomic mass is 10.1. The topological polar surface area (TPSA) is 59.8 Å². The van der Waals surface area contributed by atoms with Gasteiger partial charge in [-0.15, -0.1) is 0 Å². The van der Waals surface area contributed by atoms with E-state index in [4.69, 9.17) is 16.6 Å². The van der Waals surface area contributed by atoms with Crippen molar-refractivity contribution in [1.29, 1.82) is 0 Å². The highest BCUT2D eigenvalue weighted by molar-refractivity contribution is 6.34. The van der Waals surface area contributed by atoms with Gasteiger partial charge in [0.1, 0.15) is 0 Å². The van der Waals surface area contributed by atoms with Crippen molar-refractivity contribution in [3.05, 3.63) is 64.7 Å². The number of rotatable bonds is 4. The quantitative estimate of drug-likeness (QED) is 0.530. The van der Waals surface area contributed by atoms with E-state index in [0.29, 0.717) is 16.4 Å². The number of carbonyl (C=O) groups is 1. The highest BCUT2D eigenvalue weighted by Gasteiger charge is 2.17. The molecule has 1 amide bonds. The van der Waals surface area contributed by atoms with E-state index in [1.54, 1.807) is 24.3 Å². The second kappa shape index (κ2) is 7.00. The third-order valence-corrected chi connectivity index (χ3v) is 4.79. The Balaban J connectivity index is 1.83. The molecule has 0 aliphatic rings. The van der Waals surface area contributed by atoms with Gasteiger partial charge in [-0.3, -0.25) is 4.79 Å². The van der Waals surface area contributed by atoms with Crippen LogP contribution < -0.4 is 5.32 Å². The minimum atomic E-state index is -0.285. The van der Waals surface area contributed by atoms with Crippen LogP contribution >= 0.6 is 11.6 Å². The Kier molecular flexibility index (Phi) is 4.54. The van der Waals surface area contributed by atoms with Gasteiger partial charge in [-0.1, -0.05) is 42.8 Å². The summed E-state index contributed by atoms with van der Waals surface area (Å²) in [6.45, 7) is 4.85. The fourth-order valence-corrected chi connectivity index (χ4v) is 3.36. The lowest BCUT2D eigenvalue weighted by molar-refractivity contribution is 0.102. The zero-order valence-electron chi connectivity index (χ0n) is 15.2. The first-order valence-electron chi connectivity index (χ1n) is 8.90. The van der Waals surface area contributed by atoms with Crippen molar-refractivity contribution in [3.63, 3.8) is 0 Å². The molecule has 4 aromatic rings. The maximum Gasteiger partial charge on any atom is 0.258 e. The van der Waals surface area contributed by atoms with Crippen LogP contribution in [0.25, 0.3) is 21.9 Å². The van der Waals surface area contributed by atoms with Gasteiger partial charge >= 0.3 is 0 Å². The summed E-state index contributed by atoms with van der Waals surface area (Å²) in [5.74, 6) is 0.214. The number of nitrogens with zero attached hydrogens (tertiary/aromatic N) is 3. The van der Waals surface area contributed by atoms with E-state index in [0.717, 1.165) is 40.5 Å². The minimum absolute atomic E-state index is 0.285. The van der Waals surface area contributed by atoms with E-state index in [1.807, 2.05) is 29.8 Å². The fraction of sp³-hybridized carbons (Fsp3) is 0.190. The average molecular weight is 379 g/mol. The standard InChI is InChI=1S/C21H19ClN4O/c1-3-10-26-20-16(12-14-9-8-13(2)11-18(14)23-20)19(25-26)24-21(27)15-6-4-5-7-17(15)22/h4-9,11-12H,3,10H2,1-2H3,(H,24,25,27). The summed E-state index contributed by atoms with van der Waals surface area (Å²) in [5, 5.41) is 9.74. The third-order valence-electron chi connectivity index (χ3n) is 4.46. The third kappa shape index (κ3) is 3.26. The number of anilines is 1. The molecule has 1 N–H and O–H groups in total. The molecule has 5 nitrogen and oxygen atoms in total. The van der Waals surface area contributed by atoms with E-state index in [-0.39, 0.29) is 5.91 Å². The van der Waals surface area contributed by atoms with Crippen molar-refractivity contribution < 1.29 is 4.79 Å². The summed E-state index contributed by atoms with van der Waals surface area (Å²) in [6.07, 6.45) is 0.919. The van der Waals surface area contributed by atoms with Crippen molar-refractivity contribution in [2.75, 3.05) is 5.32 Å². The van der Waals surface area contributed by atoms with Gasteiger partial charge in [-0.05, 0) is 43.2 Å². The zero-order valence-corrected chi connectivity index (χ0v) is 15.9. The van der Waals surface area contributed by atoms with Crippen LogP contribution in [0.4, 0.5) is 5.82 Å². The van der Waals surface area contributed by atoms with Gasteiger partial charge in [-0.25, -0.2) is 9.67 Å². The normalized spacial score (nSPS) is 11.2. The number of benzene rings is 2. The molecular formula is C21H19ClN4O. The lowest BCUT2D eigenvalue weighted by Crippen LogP contribution is -2.13. The Morgan fingerprint density at radius 2 is 2.00 bits per heavy atom. The van der Waals surface area contributed by atoms with Gasteiger partial charge in [0.2, 0.25) is 0 Å². The van der Waals surface area contributed by atoms with Gasteiger partial charge in [0, 0.05) is 11.9 Å². The molecule has 0 aliphatic carbocycles. The summed E-state index contributed by atoms with van der Waals surface area (Å²) >= 11 is 6.15. The van der Waals surface area contributed by atoms with Crippen LogP contribution in [0.5, 0.6) is 0 Å². The monoisotopic (exact) mass is 378 g/mol. The summed E-state index contributed by atoms with van der Waals surface area (Å²) in [6, 6.07) is 15.1. The van der Waals surface area contributed by atoms with Crippen molar-refractivity contribution in [1.82, 2.24) is 14.8 Å². The maximum absolute atomic E-state index is 12.7. The Morgan fingerprint density at radius 3 is 2.78 bits per heavy atom. The van der Waals surface area contributed by atoms with Crippen molar-refractivity contribution in [2.24, 2.45) is 0 Å². The lowest BCUT2D eigenvalue weighted by Gasteiger charge is -2.05. The van der Waals surface area contributed by atoms with Crippen LogP contribution in [-0.2, 0) is 6.54 Å². The molecule has 0 bridgehead atoms. The molecule has 4 rings (SSSR count). The van der Waals surface area contributed by atoms with E-state index in [1.165, 1.54) is 0 Å². The first-order chi connectivity index (χ1) is 13.1. The second-order valence-electron chi connectivity index (χ2n) is 6.56. The Morgan fingerprint density at radius 1 is 1.19 bits per heavy atom. The molecule has 0 saturated heterocycles. The van der Waals surface area contributed by atoms with Crippen molar-refractivity contribution in [3.8, 4) is 0 Å². The Bertz CT molecular complexity index is 1170. The molecular weight excluding hydrogens is 360 g/mol. The summed E-state index contributed by atoms with van der Waals surface area (Å²) < 4.78 is 1.85. The largest absolute Gasteiger partial charge is 0.304 e. The van der Waals surface area contributed by atoms with E-state index >= 15 is 0 Å². The van der Waals surface area contributed by atoms with Crippen molar-refractivity contribution in [2.45, 2.75) is 26.8 Å². The first kappa shape index (κ1) is 17.5. The summed E-state index contributed by atoms with van der Waals surface area (Å²) in [4.78, 5) is 17.5. The van der Waals surface area contributed by atoms with Crippen LogP contribution in [0.2, 0.25) is 5.02 Å². The number of aromatic nitrogens is 3. The number of hydrogen-bond acceptors (Lipinski definition) is 3. The van der Waals surface area contributed by atoms with Gasteiger partial charge < -0.3 is 5.32 Å². The molecule has 2 aromatic heterocycles. The van der Waals surface area contributed by atoms with Gasteiger partial charge in [0.25, 0.3) is 5.91 Å². The average Bonchev–Trinajstić information content (AvgIpc) is 2.97. The Labute approximate surface area is 162 Å². The van der Waals surface area contributed by atoms with E-state index < -0.39 is 0 Å². The summed E-state index contributed by atoms with van der Waals surface area (Å²) in [7, 11) is 0. The van der Waals surface area contributed by atoms with Crippen LogP contribution in [0.1, 0.15) is 29.3 Å². The highest BCUT2D eigenvalue weighted by Crippen LogP contribution is 2.27. The van der Waals surface area contributed by atoms with E-state index in [9.17, 15) is 4.79 Å². The van der Waals surface area contributed by atoms with Gasteiger partial charge in [0.05, 0.1) is 21.5 Å². The number of aryl methyl sites for hydroxylation is 2. The number of pyridine rings is 1. The molecule has 136 valence electrons. The number of carbonyl (C=O) groups excluding carboxylic acids is 1. The Hall–Kier alpha value is -2.92. The number of hydrogen-bond donors (Lipinski definition) is 1. The van der Waals surface area contributed by atoms with Crippen molar-refractivity contribution >= 4 is 45.3 Å². The number of nitrogens with one attached hydrogen (secondary N) is 1. The van der Waals surface area contributed by atoms with Crippen LogP contribution in [0.15, 0.2) is 48.5 Å². The maximum atomic E-state index is 12.7. The van der Waals surface area contributed by atoms with Crippen LogP contribution in [0, 0.1) is 6.92 Å². The first-order valence-corrected chi connectivity index (χ1v) is 9.28. The molecule has 0 aliphatic heterocycles. The molecule has 0 saturated carbocycles. The SMILES string of the molecule is CCCn1nc(NC(=O)c2ccccc2Cl)c2cc3ccc(C)cc3nc21. The summed E-state index contributed by atoms with van der Waals surface area (Å²) in [5.41, 5.74) is 3.26. The molecule has 0 radical (unpaired) electrons. The second-order valence-corrected chi connectivity index (χ2v) is 6.97. The fourth-order valence-electron chi connectivity index (χ4n) is 3.14. The van der Waals surface area contributed by atoms with E-state index in [2.05, 4.69) is 23.4 Å². The predicted molar refractivity (Wildman–Crippen MR) is 109 cm³/mol. The number of fused-ring (bicyclic) bond motifs is 2. The zero-order chi connectivity index (χ0) is 19.0.